The summed E-state index contributed by atoms with van der Waals surface area (Å²) in [5, 5.41) is 6.03. The molecule has 0 unspecified atom stereocenters. The Morgan fingerprint density at radius 2 is 1.87 bits per heavy atom. The molecule has 162 valence electrons. The van der Waals surface area contributed by atoms with Crippen molar-refractivity contribution >= 4 is 47.3 Å². The Labute approximate surface area is 193 Å². The fourth-order valence-corrected chi connectivity index (χ4v) is 3.31. The Morgan fingerprint density at radius 1 is 1.13 bits per heavy atom. The third-order valence-electron chi connectivity index (χ3n) is 4.78. The number of nitrogens with one attached hydrogen (secondary N) is 2. The number of nitrogens with zero attached hydrogens (tertiary/aromatic N) is 4. The first-order valence-corrected chi connectivity index (χ1v) is 9.75. The molecule has 3 rings (SSSR count). The number of rotatable bonds is 5. The molecule has 0 aliphatic carbocycles. The first-order valence-electron chi connectivity index (χ1n) is 9.75. The number of carbonyl (C=O) groups excluding carboxylic acids is 1. The quantitative estimate of drug-likeness (QED) is 0.356. The number of halogens is 2. The Balaban J connectivity index is 0.00000320. The van der Waals surface area contributed by atoms with Gasteiger partial charge in [0, 0.05) is 51.9 Å². The minimum atomic E-state index is -0.197. The molecule has 9 heteroatoms. The van der Waals surface area contributed by atoms with Crippen molar-refractivity contribution in [2.75, 3.05) is 50.0 Å². The van der Waals surface area contributed by atoms with Gasteiger partial charge in [-0.25, -0.2) is 9.37 Å². The lowest BCUT2D eigenvalue weighted by Crippen LogP contribution is -2.53. The summed E-state index contributed by atoms with van der Waals surface area (Å²) in [6.07, 6.45) is 0.309. The van der Waals surface area contributed by atoms with Crippen LogP contribution in [0.3, 0.4) is 0 Å². The van der Waals surface area contributed by atoms with Gasteiger partial charge in [0.2, 0.25) is 5.91 Å². The molecule has 1 aliphatic rings. The molecule has 2 heterocycles. The molecular weight excluding hydrogens is 498 g/mol. The molecule has 2 N–H and O–H groups in total. The van der Waals surface area contributed by atoms with Crippen molar-refractivity contribution < 1.29 is 9.18 Å². The third kappa shape index (κ3) is 6.54. The van der Waals surface area contributed by atoms with Crippen molar-refractivity contribution in [1.29, 1.82) is 0 Å². The van der Waals surface area contributed by atoms with Gasteiger partial charge in [-0.2, -0.15) is 0 Å². The molecule has 0 atom stereocenters. The third-order valence-corrected chi connectivity index (χ3v) is 4.78. The Morgan fingerprint density at radius 3 is 2.53 bits per heavy atom. The second-order valence-electron chi connectivity index (χ2n) is 6.86. The topological polar surface area (TPSA) is 72.9 Å². The number of guanidine groups is 1. The normalized spacial score (nSPS) is 14.2. The number of hydrogen-bond acceptors (Lipinski definition) is 4. The average Bonchev–Trinajstić information content (AvgIpc) is 2.72. The zero-order valence-electron chi connectivity index (χ0n) is 17.3. The fourth-order valence-electron chi connectivity index (χ4n) is 3.31. The number of para-hydroxylation sites is 1. The number of amides is 1. The maximum atomic E-state index is 14.0. The van der Waals surface area contributed by atoms with E-state index in [4.69, 9.17) is 0 Å². The number of hydrogen-bond donors (Lipinski definition) is 2. The highest BCUT2D eigenvalue weighted by Gasteiger charge is 2.21. The number of carbonyl (C=O) groups is 1. The molecule has 1 amide bonds. The summed E-state index contributed by atoms with van der Waals surface area (Å²) < 4.78 is 14.0. The summed E-state index contributed by atoms with van der Waals surface area (Å²) in [4.78, 5) is 24.9. The van der Waals surface area contributed by atoms with Gasteiger partial charge in [-0.15, -0.1) is 24.0 Å². The van der Waals surface area contributed by atoms with Gasteiger partial charge in [0.05, 0.1) is 5.69 Å². The van der Waals surface area contributed by atoms with Gasteiger partial charge in [-0.3, -0.25) is 9.79 Å². The van der Waals surface area contributed by atoms with Gasteiger partial charge in [0.1, 0.15) is 11.6 Å². The molecule has 0 bridgehead atoms. The predicted molar refractivity (Wildman–Crippen MR) is 129 cm³/mol. The van der Waals surface area contributed by atoms with E-state index in [1.54, 1.807) is 25.2 Å². The smallest absolute Gasteiger partial charge is 0.227 e. The lowest BCUT2D eigenvalue weighted by atomic mass is 10.2. The molecule has 1 aliphatic heterocycles. The largest absolute Gasteiger partial charge is 0.366 e. The van der Waals surface area contributed by atoms with E-state index in [-0.39, 0.29) is 35.7 Å². The standard InChI is InChI=1S/C21H27FN6O.HI/c1-16-6-5-9-19(25-16)26-20(29)10-11-24-21(23-2)28-14-12-27(13-15-28)18-8-4-3-7-17(18)22;/h3-9H,10-15H2,1-2H3,(H,23,24)(H,25,26,29);1H. The van der Waals surface area contributed by atoms with Crippen molar-refractivity contribution in [3.8, 4) is 0 Å². The van der Waals surface area contributed by atoms with E-state index in [9.17, 15) is 9.18 Å². The second kappa shape index (κ2) is 11.7. The average molecular weight is 526 g/mol. The number of aryl methyl sites for hydroxylation is 1. The Bertz CT molecular complexity index is 870. The summed E-state index contributed by atoms with van der Waals surface area (Å²) in [7, 11) is 1.72. The highest BCUT2D eigenvalue weighted by molar-refractivity contribution is 14.0. The van der Waals surface area contributed by atoms with E-state index < -0.39 is 0 Å². The molecule has 30 heavy (non-hydrogen) atoms. The van der Waals surface area contributed by atoms with E-state index in [2.05, 4.69) is 25.5 Å². The highest BCUT2D eigenvalue weighted by atomic mass is 127. The number of pyridine rings is 1. The monoisotopic (exact) mass is 526 g/mol. The van der Waals surface area contributed by atoms with Crippen LogP contribution in [-0.4, -0.2) is 61.5 Å². The van der Waals surface area contributed by atoms with Crippen LogP contribution in [0.15, 0.2) is 47.5 Å². The van der Waals surface area contributed by atoms with Crippen molar-refractivity contribution in [3.05, 3.63) is 54.0 Å². The van der Waals surface area contributed by atoms with Crippen LogP contribution in [0.1, 0.15) is 12.1 Å². The van der Waals surface area contributed by atoms with Crippen LogP contribution in [0.5, 0.6) is 0 Å². The highest BCUT2D eigenvalue weighted by Crippen LogP contribution is 2.20. The molecule has 1 aromatic carbocycles. The van der Waals surface area contributed by atoms with Crippen LogP contribution in [0, 0.1) is 12.7 Å². The summed E-state index contributed by atoms with van der Waals surface area (Å²) in [6.45, 7) is 5.23. The molecule has 1 fully saturated rings. The SMILES string of the molecule is CN=C(NCCC(=O)Nc1cccc(C)n1)N1CCN(c2ccccc2F)CC1.I. The van der Waals surface area contributed by atoms with Gasteiger partial charge in [-0.1, -0.05) is 18.2 Å². The van der Waals surface area contributed by atoms with Crippen molar-refractivity contribution in [3.63, 3.8) is 0 Å². The van der Waals surface area contributed by atoms with Crippen LogP contribution in [-0.2, 0) is 4.79 Å². The minimum absolute atomic E-state index is 0. The summed E-state index contributed by atoms with van der Waals surface area (Å²) in [5.74, 6) is 1.01. The number of benzene rings is 1. The predicted octanol–water partition coefficient (Wildman–Crippen LogP) is 2.87. The van der Waals surface area contributed by atoms with E-state index in [1.807, 2.05) is 30.0 Å². The maximum Gasteiger partial charge on any atom is 0.227 e. The van der Waals surface area contributed by atoms with Crippen LogP contribution in [0.4, 0.5) is 15.9 Å². The Hall–Kier alpha value is -2.43. The van der Waals surface area contributed by atoms with Crippen molar-refractivity contribution in [2.24, 2.45) is 4.99 Å². The van der Waals surface area contributed by atoms with Gasteiger partial charge in [0.15, 0.2) is 5.96 Å². The lowest BCUT2D eigenvalue weighted by molar-refractivity contribution is -0.116. The first kappa shape index (κ1) is 23.8. The second-order valence-corrected chi connectivity index (χ2v) is 6.86. The Kier molecular flexibility index (Phi) is 9.28. The molecule has 1 aromatic heterocycles. The van der Waals surface area contributed by atoms with Crippen molar-refractivity contribution in [2.45, 2.75) is 13.3 Å². The van der Waals surface area contributed by atoms with E-state index in [0.717, 1.165) is 24.7 Å². The summed E-state index contributed by atoms with van der Waals surface area (Å²) in [6, 6.07) is 12.4. The summed E-state index contributed by atoms with van der Waals surface area (Å²) >= 11 is 0. The van der Waals surface area contributed by atoms with Gasteiger partial charge in [0.25, 0.3) is 0 Å². The zero-order valence-corrected chi connectivity index (χ0v) is 19.6. The van der Waals surface area contributed by atoms with Gasteiger partial charge >= 0.3 is 0 Å². The van der Waals surface area contributed by atoms with Crippen LogP contribution < -0.4 is 15.5 Å². The molecule has 0 spiro atoms. The van der Waals surface area contributed by atoms with E-state index >= 15 is 0 Å². The molecule has 1 saturated heterocycles. The van der Waals surface area contributed by atoms with Gasteiger partial charge < -0.3 is 20.4 Å². The number of piperazine rings is 1. The van der Waals surface area contributed by atoms with E-state index in [1.165, 1.54) is 6.07 Å². The lowest BCUT2D eigenvalue weighted by Gasteiger charge is -2.37. The molecule has 7 nitrogen and oxygen atoms in total. The molecule has 0 radical (unpaired) electrons. The zero-order chi connectivity index (χ0) is 20.6. The molecule has 0 saturated carbocycles. The van der Waals surface area contributed by atoms with Crippen LogP contribution in [0.25, 0.3) is 0 Å². The van der Waals surface area contributed by atoms with Gasteiger partial charge in [-0.05, 0) is 31.2 Å². The molecular formula is C21H28FIN6O. The van der Waals surface area contributed by atoms with Crippen molar-refractivity contribution in [1.82, 2.24) is 15.2 Å². The maximum absolute atomic E-state index is 14.0. The van der Waals surface area contributed by atoms with E-state index in [0.29, 0.717) is 37.6 Å². The number of aromatic nitrogens is 1. The number of anilines is 2. The fraction of sp³-hybridized carbons (Fsp3) is 0.381. The van der Waals surface area contributed by atoms with Crippen LogP contribution in [0.2, 0.25) is 0 Å². The minimum Gasteiger partial charge on any atom is -0.366 e. The van der Waals surface area contributed by atoms with Crippen LogP contribution >= 0.6 is 24.0 Å². The summed E-state index contributed by atoms with van der Waals surface area (Å²) in [5.41, 5.74) is 1.49. The molecule has 2 aromatic rings. The number of aliphatic imine (C=N–C) groups is 1. The first-order chi connectivity index (χ1) is 14.1.